The summed E-state index contributed by atoms with van der Waals surface area (Å²) in [4.78, 5) is 17.8. The number of anilines is 1. The number of hydrogen-bond donors (Lipinski definition) is 1. The minimum absolute atomic E-state index is 0.101. The molecule has 0 radical (unpaired) electrons. The predicted molar refractivity (Wildman–Crippen MR) is 82.3 cm³/mol. The van der Waals surface area contributed by atoms with Gasteiger partial charge in [-0.1, -0.05) is 28.9 Å². The molecule has 1 heterocycles. The highest BCUT2D eigenvalue weighted by atomic mass is 32.1. The maximum Gasteiger partial charge on any atom is 0.265 e. The molecule has 0 unspecified atom stereocenters. The smallest absolute Gasteiger partial charge is 0.265 e. The maximum absolute atomic E-state index is 11.7. The molecule has 0 atom stereocenters. The number of oxime groups is 1. The quantitative estimate of drug-likeness (QED) is 0.677. The van der Waals surface area contributed by atoms with Gasteiger partial charge in [-0.05, 0) is 37.4 Å². The van der Waals surface area contributed by atoms with Crippen LogP contribution in [0.4, 0.5) is 5.69 Å². The Kier molecular flexibility index (Phi) is 4.90. The molecule has 0 aliphatic carbocycles. The van der Waals surface area contributed by atoms with Gasteiger partial charge in [-0.25, -0.2) is 0 Å². The van der Waals surface area contributed by atoms with E-state index in [9.17, 15) is 4.79 Å². The van der Waals surface area contributed by atoms with Crippen LogP contribution in [-0.2, 0) is 9.63 Å². The third kappa shape index (κ3) is 4.20. The topological polar surface area (TPSA) is 50.7 Å². The first-order valence-electron chi connectivity index (χ1n) is 6.22. The monoisotopic (exact) mass is 288 g/mol. The van der Waals surface area contributed by atoms with Crippen molar-refractivity contribution in [3.8, 4) is 0 Å². The van der Waals surface area contributed by atoms with Crippen molar-refractivity contribution in [3.63, 3.8) is 0 Å². The molecular formula is C15H16N2O2S. The van der Waals surface area contributed by atoms with E-state index < -0.39 is 0 Å². The average Bonchev–Trinajstić information content (AvgIpc) is 2.95. The minimum atomic E-state index is -0.225. The van der Waals surface area contributed by atoms with Crippen LogP contribution in [0.2, 0.25) is 0 Å². The number of aryl methyl sites for hydroxylation is 1. The summed E-state index contributed by atoms with van der Waals surface area (Å²) < 4.78 is 0. The Bertz CT molecular complexity index is 589. The Morgan fingerprint density at radius 3 is 2.70 bits per heavy atom. The second-order valence-corrected chi connectivity index (χ2v) is 5.29. The second kappa shape index (κ2) is 6.86. The first-order valence-corrected chi connectivity index (χ1v) is 7.10. The van der Waals surface area contributed by atoms with Gasteiger partial charge in [0.05, 0.1) is 10.6 Å². The molecule has 1 N–H and O–H groups in total. The summed E-state index contributed by atoms with van der Waals surface area (Å²) in [6.45, 7) is 3.75. The molecule has 0 aliphatic heterocycles. The highest BCUT2D eigenvalue weighted by Gasteiger charge is 2.03. The molecule has 0 aliphatic rings. The molecule has 2 rings (SSSR count). The van der Waals surface area contributed by atoms with E-state index in [1.54, 1.807) is 11.3 Å². The van der Waals surface area contributed by atoms with E-state index in [0.717, 1.165) is 21.8 Å². The van der Waals surface area contributed by atoms with Crippen molar-refractivity contribution < 1.29 is 9.63 Å². The van der Waals surface area contributed by atoms with E-state index in [1.807, 2.05) is 55.6 Å². The van der Waals surface area contributed by atoms with Crippen LogP contribution in [0, 0.1) is 6.92 Å². The SMILES string of the molecule is C/C(=N\OCC(=O)Nc1ccc(C)cc1)c1cccs1. The number of carbonyl (C=O) groups excluding carboxylic acids is 1. The van der Waals surface area contributed by atoms with Crippen LogP contribution in [0.15, 0.2) is 46.9 Å². The lowest BCUT2D eigenvalue weighted by atomic mass is 10.2. The maximum atomic E-state index is 11.7. The van der Waals surface area contributed by atoms with E-state index in [1.165, 1.54) is 0 Å². The molecule has 0 saturated carbocycles. The molecule has 1 aromatic heterocycles. The first kappa shape index (κ1) is 14.3. The molecule has 0 bridgehead atoms. The van der Waals surface area contributed by atoms with Gasteiger partial charge in [-0.2, -0.15) is 0 Å². The molecule has 0 spiro atoms. The summed E-state index contributed by atoms with van der Waals surface area (Å²) in [5.74, 6) is -0.225. The van der Waals surface area contributed by atoms with Gasteiger partial charge >= 0.3 is 0 Å². The molecule has 104 valence electrons. The van der Waals surface area contributed by atoms with Crippen LogP contribution < -0.4 is 5.32 Å². The lowest BCUT2D eigenvalue weighted by Crippen LogP contribution is -2.17. The van der Waals surface area contributed by atoms with Crippen molar-refractivity contribution in [2.45, 2.75) is 13.8 Å². The lowest BCUT2D eigenvalue weighted by molar-refractivity contribution is -0.120. The number of benzene rings is 1. The normalized spacial score (nSPS) is 11.2. The standard InChI is InChI=1S/C15H16N2O2S/c1-11-5-7-13(8-6-11)16-15(18)10-19-17-12(2)14-4-3-9-20-14/h3-9H,10H2,1-2H3,(H,16,18)/b17-12+. The Morgan fingerprint density at radius 2 is 2.05 bits per heavy atom. The van der Waals surface area contributed by atoms with Crippen molar-refractivity contribution in [3.05, 3.63) is 52.2 Å². The Morgan fingerprint density at radius 1 is 1.30 bits per heavy atom. The van der Waals surface area contributed by atoms with Gasteiger partial charge in [-0.3, -0.25) is 4.79 Å². The molecule has 0 fully saturated rings. The van der Waals surface area contributed by atoms with Crippen LogP contribution in [0.5, 0.6) is 0 Å². The fraction of sp³-hybridized carbons (Fsp3) is 0.200. The minimum Gasteiger partial charge on any atom is -0.385 e. The van der Waals surface area contributed by atoms with Crippen LogP contribution in [0.25, 0.3) is 0 Å². The van der Waals surface area contributed by atoms with E-state index in [2.05, 4.69) is 10.5 Å². The van der Waals surface area contributed by atoms with Crippen molar-refractivity contribution in [1.82, 2.24) is 0 Å². The van der Waals surface area contributed by atoms with Gasteiger partial charge < -0.3 is 10.2 Å². The average molecular weight is 288 g/mol. The molecule has 4 nitrogen and oxygen atoms in total. The van der Waals surface area contributed by atoms with Gasteiger partial charge in [-0.15, -0.1) is 11.3 Å². The van der Waals surface area contributed by atoms with Crippen molar-refractivity contribution >= 4 is 28.6 Å². The van der Waals surface area contributed by atoms with E-state index in [-0.39, 0.29) is 12.5 Å². The summed E-state index contributed by atoms with van der Waals surface area (Å²) in [7, 11) is 0. The Hall–Kier alpha value is -2.14. The molecule has 1 amide bonds. The fourth-order valence-corrected chi connectivity index (χ4v) is 2.22. The lowest BCUT2D eigenvalue weighted by Gasteiger charge is -2.05. The third-order valence-electron chi connectivity index (χ3n) is 2.61. The largest absolute Gasteiger partial charge is 0.385 e. The van der Waals surface area contributed by atoms with Crippen LogP contribution in [0.1, 0.15) is 17.4 Å². The zero-order valence-electron chi connectivity index (χ0n) is 11.4. The van der Waals surface area contributed by atoms with Gasteiger partial charge in [0, 0.05) is 5.69 Å². The molecule has 20 heavy (non-hydrogen) atoms. The van der Waals surface area contributed by atoms with E-state index in [4.69, 9.17) is 4.84 Å². The van der Waals surface area contributed by atoms with Crippen LogP contribution >= 0.6 is 11.3 Å². The van der Waals surface area contributed by atoms with Crippen LogP contribution in [0.3, 0.4) is 0 Å². The molecule has 5 heteroatoms. The van der Waals surface area contributed by atoms with Gasteiger partial charge in [0.2, 0.25) is 0 Å². The number of rotatable bonds is 5. The highest BCUT2D eigenvalue weighted by Crippen LogP contribution is 2.10. The summed E-state index contributed by atoms with van der Waals surface area (Å²) >= 11 is 1.58. The number of carbonyl (C=O) groups is 1. The fourth-order valence-electron chi connectivity index (χ4n) is 1.55. The molecule has 0 saturated heterocycles. The summed E-state index contributed by atoms with van der Waals surface area (Å²) in [6, 6.07) is 11.5. The number of hydrogen-bond acceptors (Lipinski definition) is 4. The van der Waals surface area contributed by atoms with Crippen molar-refractivity contribution in [1.29, 1.82) is 0 Å². The number of nitrogens with zero attached hydrogens (tertiary/aromatic N) is 1. The zero-order chi connectivity index (χ0) is 14.4. The molecule has 1 aromatic carbocycles. The van der Waals surface area contributed by atoms with E-state index >= 15 is 0 Å². The second-order valence-electron chi connectivity index (χ2n) is 4.34. The highest BCUT2D eigenvalue weighted by molar-refractivity contribution is 7.12. The number of amides is 1. The van der Waals surface area contributed by atoms with Gasteiger partial charge in [0.15, 0.2) is 6.61 Å². The summed E-state index contributed by atoms with van der Waals surface area (Å²) in [5, 5.41) is 8.65. The molecular weight excluding hydrogens is 272 g/mol. The van der Waals surface area contributed by atoms with Crippen molar-refractivity contribution in [2.24, 2.45) is 5.16 Å². The van der Waals surface area contributed by atoms with E-state index in [0.29, 0.717) is 0 Å². The summed E-state index contributed by atoms with van der Waals surface area (Å²) in [5.41, 5.74) is 2.67. The Labute approximate surface area is 122 Å². The van der Waals surface area contributed by atoms with Crippen LogP contribution in [-0.4, -0.2) is 18.2 Å². The zero-order valence-corrected chi connectivity index (χ0v) is 12.2. The number of nitrogens with one attached hydrogen (secondary N) is 1. The van der Waals surface area contributed by atoms with Gasteiger partial charge in [0.25, 0.3) is 5.91 Å². The van der Waals surface area contributed by atoms with Gasteiger partial charge in [0.1, 0.15) is 0 Å². The summed E-state index contributed by atoms with van der Waals surface area (Å²) in [6.07, 6.45) is 0. The number of thiophene rings is 1. The first-order chi connectivity index (χ1) is 9.65. The third-order valence-corrected chi connectivity index (χ3v) is 3.59. The Balaban J connectivity index is 1.81. The molecule has 2 aromatic rings. The predicted octanol–water partition coefficient (Wildman–Crippen LogP) is 3.44. The van der Waals surface area contributed by atoms with Crippen molar-refractivity contribution in [2.75, 3.05) is 11.9 Å².